The van der Waals surface area contributed by atoms with E-state index >= 15 is 0 Å². The van der Waals surface area contributed by atoms with E-state index in [1.165, 1.54) is 0 Å². The molecule has 80 valence electrons. The fourth-order valence-corrected chi connectivity index (χ4v) is 2.01. The van der Waals surface area contributed by atoms with Crippen LogP contribution < -0.4 is 5.73 Å². The van der Waals surface area contributed by atoms with E-state index in [4.69, 9.17) is 20.5 Å². The Labute approximate surface area is 77.1 Å². The van der Waals surface area contributed by atoms with Crippen molar-refractivity contribution >= 4 is 10.1 Å². The molecule has 7 heteroatoms. The lowest BCUT2D eigenvalue weighted by atomic mass is 10.0. The maximum absolute atomic E-state index is 10.9. The van der Waals surface area contributed by atoms with E-state index in [0.717, 1.165) is 0 Å². The van der Waals surface area contributed by atoms with Gasteiger partial charge in [0.1, 0.15) is 4.75 Å². The fraction of sp³-hybridized carbons (Fsp3) is 1.00. The highest BCUT2D eigenvalue weighted by Gasteiger charge is 2.40. The summed E-state index contributed by atoms with van der Waals surface area (Å²) in [4.78, 5) is 0. The average Bonchev–Trinajstić information content (AvgIpc) is 2.02. The minimum atomic E-state index is -4.35. The smallest absolute Gasteiger partial charge is 0.272 e. The third kappa shape index (κ3) is 2.89. The first-order valence-corrected chi connectivity index (χ1v) is 5.26. The molecule has 0 saturated heterocycles. The van der Waals surface area contributed by atoms with Gasteiger partial charge in [-0.05, 0) is 12.8 Å². The van der Waals surface area contributed by atoms with Gasteiger partial charge < -0.3 is 15.9 Å². The molecule has 0 radical (unpaired) electrons. The highest BCUT2D eigenvalue weighted by atomic mass is 32.2. The molecule has 0 spiro atoms. The van der Waals surface area contributed by atoms with Crippen molar-refractivity contribution in [3.8, 4) is 0 Å². The molecule has 0 aliphatic rings. The SMILES string of the molecule is NCC(CCO)(CCO)S(=O)(=O)O. The van der Waals surface area contributed by atoms with Gasteiger partial charge in [-0.1, -0.05) is 0 Å². The van der Waals surface area contributed by atoms with Crippen LogP contribution in [0.4, 0.5) is 0 Å². The molecule has 5 N–H and O–H groups in total. The summed E-state index contributed by atoms with van der Waals surface area (Å²) in [5.74, 6) is 0. The topological polar surface area (TPSA) is 121 Å². The number of aliphatic hydroxyl groups is 2. The van der Waals surface area contributed by atoms with Gasteiger partial charge in [-0.25, -0.2) is 0 Å². The minimum absolute atomic E-state index is 0.178. The summed E-state index contributed by atoms with van der Waals surface area (Å²) in [7, 11) is -4.35. The van der Waals surface area contributed by atoms with Crippen LogP contribution in [0.5, 0.6) is 0 Å². The first-order chi connectivity index (χ1) is 5.93. The molecular weight excluding hydrogens is 198 g/mol. The number of aliphatic hydroxyl groups excluding tert-OH is 2. The minimum Gasteiger partial charge on any atom is -0.396 e. The summed E-state index contributed by atoms with van der Waals surface area (Å²) in [5.41, 5.74) is 5.20. The van der Waals surface area contributed by atoms with E-state index in [-0.39, 0.29) is 19.4 Å². The molecule has 0 heterocycles. The van der Waals surface area contributed by atoms with Crippen LogP contribution in [-0.2, 0) is 10.1 Å². The van der Waals surface area contributed by atoms with E-state index in [1.807, 2.05) is 0 Å². The third-order valence-electron chi connectivity index (χ3n) is 2.05. The Morgan fingerprint density at radius 1 is 1.15 bits per heavy atom. The highest BCUT2D eigenvalue weighted by molar-refractivity contribution is 7.87. The van der Waals surface area contributed by atoms with Crippen molar-refractivity contribution in [1.29, 1.82) is 0 Å². The molecule has 0 atom stereocenters. The summed E-state index contributed by atoms with van der Waals surface area (Å²) in [6.45, 7) is -1.14. The van der Waals surface area contributed by atoms with Gasteiger partial charge in [-0.2, -0.15) is 8.42 Å². The number of rotatable bonds is 6. The Balaban J connectivity index is 4.86. The van der Waals surface area contributed by atoms with Gasteiger partial charge in [0.15, 0.2) is 0 Å². The largest absolute Gasteiger partial charge is 0.396 e. The van der Waals surface area contributed by atoms with E-state index in [0.29, 0.717) is 0 Å². The van der Waals surface area contributed by atoms with E-state index in [2.05, 4.69) is 0 Å². The van der Waals surface area contributed by atoms with Gasteiger partial charge in [0.2, 0.25) is 0 Å². The lowest BCUT2D eigenvalue weighted by molar-refractivity contribution is 0.221. The molecule has 0 bridgehead atoms. The molecule has 0 unspecified atom stereocenters. The van der Waals surface area contributed by atoms with Crippen molar-refractivity contribution in [2.24, 2.45) is 5.73 Å². The van der Waals surface area contributed by atoms with Gasteiger partial charge in [0.05, 0.1) is 0 Å². The van der Waals surface area contributed by atoms with Gasteiger partial charge in [0.25, 0.3) is 10.1 Å². The molecule has 13 heavy (non-hydrogen) atoms. The molecule has 0 aliphatic heterocycles. The lowest BCUT2D eigenvalue weighted by Crippen LogP contribution is -2.46. The highest BCUT2D eigenvalue weighted by Crippen LogP contribution is 2.23. The van der Waals surface area contributed by atoms with Crippen LogP contribution >= 0.6 is 0 Å². The van der Waals surface area contributed by atoms with Crippen LogP contribution in [0.3, 0.4) is 0 Å². The van der Waals surface area contributed by atoms with Crippen molar-refractivity contribution in [3.05, 3.63) is 0 Å². The molecule has 0 aromatic carbocycles. The summed E-state index contributed by atoms with van der Waals surface area (Å²) in [6.07, 6.45) is -0.355. The van der Waals surface area contributed by atoms with Crippen LogP contribution in [0.1, 0.15) is 12.8 Å². The predicted molar refractivity (Wildman–Crippen MR) is 46.7 cm³/mol. The van der Waals surface area contributed by atoms with Crippen molar-refractivity contribution in [2.75, 3.05) is 19.8 Å². The van der Waals surface area contributed by atoms with Crippen LogP contribution in [0.25, 0.3) is 0 Å². The average molecular weight is 213 g/mol. The zero-order valence-corrected chi connectivity index (χ0v) is 8.00. The Bertz CT molecular complexity index is 231. The van der Waals surface area contributed by atoms with Gasteiger partial charge in [0, 0.05) is 19.8 Å². The Morgan fingerprint density at radius 3 is 1.69 bits per heavy atom. The monoisotopic (exact) mass is 213 g/mol. The number of nitrogens with two attached hydrogens (primary N) is 1. The molecule has 0 fully saturated rings. The zero-order chi connectivity index (χ0) is 10.5. The second kappa shape index (κ2) is 4.87. The first kappa shape index (κ1) is 12.8. The first-order valence-electron chi connectivity index (χ1n) is 3.82. The van der Waals surface area contributed by atoms with Crippen LogP contribution in [0, 0.1) is 0 Å². The predicted octanol–water partition coefficient (Wildman–Crippen LogP) is -1.66. The van der Waals surface area contributed by atoms with Crippen LogP contribution in [0.15, 0.2) is 0 Å². The van der Waals surface area contributed by atoms with E-state index in [1.54, 1.807) is 0 Å². The maximum Gasteiger partial charge on any atom is 0.272 e. The van der Waals surface area contributed by atoms with Crippen molar-refractivity contribution in [3.63, 3.8) is 0 Å². The molecule has 0 aliphatic carbocycles. The zero-order valence-electron chi connectivity index (χ0n) is 7.18. The summed E-state index contributed by atoms with van der Waals surface area (Å²) in [5, 5.41) is 17.2. The second-order valence-corrected chi connectivity index (χ2v) is 4.63. The standard InChI is InChI=1S/C6H15NO5S/c7-5-6(1-3-8,2-4-9)13(10,11)12/h8-9H,1-5,7H2,(H,10,11,12). The Hall–Kier alpha value is -0.210. The van der Waals surface area contributed by atoms with Crippen LogP contribution in [0.2, 0.25) is 0 Å². The van der Waals surface area contributed by atoms with Crippen molar-refractivity contribution in [2.45, 2.75) is 17.6 Å². The van der Waals surface area contributed by atoms with E-state index in [9.17, 15) is 8.42 Å². The molecule has 0 aromatic rings. The van der Waals surface area contributed by atoms with Gasteiger partial charge in [-0.3, -0.25) is 4.55 Å². The van der Waals surface area contributed by atoms with E-state index < -0.39 is 28.1 Å². The molecule has 0 amide bonds. The second-order valence-electron chi connectivity index (χ2n) is 2.81. The maximum atomic E-state index is 10.9. The summed E-state index contributed by atoms with van der Waals surface area (Å²) >= 11 is 0. The third-order valence-corrected chi connectivity index (χ3v) is 3.72. The quantitative estimate of drug-likeness (QED) is 0.392. The van der Waals surface area contributed by atoms with Crippen LogP contribution in [-0.4, -0.2) is 47.7 Å². The Kier molecular flexibility index (Phi) is 4.79. The normalized spacial score (nSPS) is 13.2. The molecular formula is C6H15NO5S. The number of hydrogen-bond donors (Lipinski definition) is 4. The summed E-state index contributed by atoms with van der Waals surface area (Å²) < 4.78 is 29.1. The van der Waals surface area contributed by atoms with Crippen molar-refractivity contribution < 1.29 is 23.2 Å². The molecule has 0 aromatic heterocycles. The van der Waals surface area contributed by atoms with Gasteiger partial charge >= 0.3 is 0 Å². The van der Waals surface area contributed by atoms with Gasteiger partial charge in [-0.15, -0.1) is 0 Å². The molecule has 0 saturated carbocycles. The Morgan fingerprint density at radius 2 is 1.54 bits per heavy atom. The molecule has 6 nitrogen and oxygen atoms in total. The molecule has 0 rings (SSSR count). The number of hydrogen-bond acceptors (Lipinski definition) is 5. The lowest BCUT2D eigenvalue weighted by Gasteiger charge is -2.27. The summed E-state index contributed by atoms with van der Waals surface area (Å²) in [6, 6.07) is 0. The van der Waals surface area contributed by atoms with Crippen molar-refractivity contribution in [1.82, 2.24) is 0 Å². The fourth-order valence-electron chi connectivity index (χ4n) is 1.10.